The van der Waals surface area contributed by atoms with E-state index in [0.717, 1.165) is 5.56 Å². The van der Waals surface area contributed by atoms with Gasteiger partial charge >= 0.3 is 0 Å². The Balaban J connectivity index is 2.79. The van der Waals surface area contributed by atoms with Crippen LogP contribution in [0.3, 0.4) is 0 Å². The second kappa shape index (κ2) is 3.88. The molecule has 0 aliphatic heterocycles. The molecule has 58 valence electrons. The van der Waals surface area contributed by atoms with Gasteiger partial charge in [-0.2, -0.15) is 0 Å². The van der Waals surface area contributed by atoms with Crippen LogP contribution in [0, 0.1) is 0 Å². The van der Waals surface area contributed by atoms with Gasteiger partial charge in [-0.25, -0.2) is 4.57 Å². The van der Waals surface area contributed by atoms with Crippen LogP contribution in [0.2, 0.25) is 0 Å². The lowest BCUT2D eigenvalue weighted by Gasteiger charge is -1.89. The molecule has 0 unspecified atom stereocenters. The molecule has 2 nitrogen and oxygen atoms in total. The van der Waals surface area contributed by atoms with E-state index in [9.17, 15) is 0 Å². The van der Waals surface area contributed by atoms with E-state index in [2.05, 4.69) is 0 Å². The number of aromatic nitrogens is 1. The lowest BCUT2D eigenvalue weighted by molar-refractivity contribution is -0.671. The van der Waals surface area contributed by atoms with Gasteiger partial charge in [0.1, 0.15) is 7.05 Å². The van der Waals surface area contributed by atoms with Crippen LogP contribution in [0.1, 0.15) is 5.56 Å². The first-order valence-electron chi connectivity index (χ1n) is 3.55. The van der Waals surface area contributed by atoms with Crippen molar-refractivity contribution in [2.24, 2.45) is 7.05 Å². The first kappa shape index (κ1) is 7.95. The summed E-state index contributed by atoms with van der Waals surface area (Å²) in [5.74, 6) is 0. The van der Waals surface area contributed by atoms with Crippen molar-refractivity contribution >= 4 is 6.08 Å². The minimum atomic E-state index is 0.0958. The monoisotopic (exact) mass is 150 g/mol. The van der Waals surface area contributed by atoms with Gasteiger partial charge in [0.25, 0.3) is 0 Å². The predicted octanol–water partition coefficient (Wildman–Crippen LogP) is 0.517. The molecule has 0 saturated heterocycles. The summed E-state index contributed by atoms with van der Waals surface area (Å²) in [4.78, 5) is 0. The molecular weight excluding hydrogens is 138 g/mol. The van der Waals surface area contributed by atoms with Gasteiger partial charge in [-0.15, -0.1) is 0 Å². The number of hydrogen-bond donors (Lipinski definition) is 1. The molecule has 0 bridgehead atoms. The SMILES string of the molecule is C[n+]1cccc(/C=C/CO)c1. The van der Waals surface area contributed by atoms with Gasteiger partial charge in [0.2, 0.25) is 0 Å². The molecule has 1 rings (SSSR count). The highest BCUT2D eigenvalue weighted by Gasteiger charge is 1.91. The van der Waals surface area contributed by atoms with Crippen molar-refractivity contribution < 1.29 is 9.67 Å². The fourth-order valence-electron chi connectivity index (χ4n) is 0.898. The summed E-state index contributed by atoms with van der Waals surface area (Å²) in [6, 6.07) is 3.96. The van der Waals surface area contributed by atoms with Gasteiger partial charge in [0, 0.05) is 11.6 Å². The average molecular weight is 150 g/mol. The van der Waals surface area contributed by atoms with Crippen LogP contribution in [0.4, 0.5) is 0 Å². The summed E-state index contributed by atoms with van der Waals surface area (Å²) in [7, 11) is 1.97. The van der Waals surface area contributed by atoms with Gasteiger partial charge in [-0.05, 0) is 6.07 Å². The van der Waals surface area contributed by atoms with Crippen molar-refractivity contribution in [3.8, 4) is 0 Å². The zero-order valence-corrected chi connectivity index (χ0v) is 6.57. The Morgan fingerprint density at radius 3 is 3.09 bits per heavy atom. The second-order valence-corrected chi connectivity index (χ2v) is 2.39. The van der Waals surface area contributed by atoms with Crippen LogP contribution in [0.25, 0.3) is 6.08 Å². The van der Waals surface area contributed by atoms with Crippen molar-refractivity contribution in [2.45, 2.75) is 0 Å². The molecule has 0 fully saturated rings. The van der Waals surface area contributed by atoms with Crippen LogP contribution >= 0.6 is 0 Å². The highest BCUT2D eigenvalue weighted by Crippen LogP contribution is 1.95. The van der Waals surface area contributed by atoms with E-state index in [0.29, 0.717) is 0 Å². The zero-order chi connectivity index (χ0) is 8.10. The molecular formula is C9H12NO+. The lowest BCUT2D eigenvalue weighted by atomic mass is 10.2. The predicted molar refractivity (Wildman–Crippen MR) is 43.7 cm³/mol. The first-order valence-corrected chi connectivity index (χ1v) is 3.55. The number of aliphatic hydroxyl groups is 1. The van der Waals surface area contributed by atoms with E-state index in [1.165, 1.54) is 0 Å². The summed E-state index contributed by atoms with van der Waals surface area (Å²) >= 11 is 0. The van der Waals surface area contributed by atoms with Crippen molar-refractivity contribution in [2.75, 3.05) is 6.61 Å². The minimum Gasteiger partial charge on any atom is -0.392 e. The van der Waals surface area contributed by atoms with Crippen LogP contribution < -0.4 is 4.57 Å². The van der Waals surface area contributed by atoms with E-state index in [-0.39, 0.29) is 6.61 Å². The maximum Gasteiger partial charge on any atom is 0.175 e. The van der Waals surface area contributed by atoms with E-state index in [4.69, 9.17) is 5.11 Å². The van der Waals surface area contributed by atoms with Crippen LogP contribution in [0.15, 0.2) is 30.6 Å². The smallest absolute Gasteiger partial charge is 0.175 e. The Kier molecular flexibility index (Phi) is 2.81. The molecule has 0 aliphatic rings. The fraction of sp³-hybridized carbons (Fsp3) is 0.222. The highest BCUT2D eigenvalue weighted by atomic mass is 16.2. The van der Waals surface area contributed by atoms with Gasteiger partial charge in [-0.3, -0.25) is 0 Å². The Bertz CT molecular complexity index is 255. The summed E-state index contributed by atoms with van der Waals surface area (Å²) < 4.78 is 1.97. The molecule has 0 aromatic carbocycles. The molecule has 1 N–H and O–H groups in total. The third-order valence-corrected chi connectivity index (χ3v) is 1.38. The largest absolute Gasteiger partial charge is 0.392 e. The molecule has 0 aliphatic carbocycles. The Hall–Kier alpha value is -1.15. The molecule has 11 heavy (non-hydrogen) atoms. The van der Waals surface area contributed by atoms with Crippen LogP contribution in [0.5, 0.6) is 0 Å². The van der Waals surface area contributed by atoms with E-state index in [1.807, 2.05) is 42.2 Å². The normalized spacial score (nSPS) is 10.7. The zero-order valence-electron chi connectivity index (χ0n) is 6.57. The van der Waals surface area contributed by atoms with E-state index < -0.39 is 0 Å². The van der Waals surface area contributed by atoms with Gasteiger partial charge in [-0.1, -0.05) is 12.2 Å². The Morgan fingerprint density at radius 1 is 1.64 bits per heavy atom. The standard InChI is InChI=1S/C9H12NO/c1-10-6-2-4-9(8-10)5-3-7-11/h2-6,8,11H,7H2,1H3/q+1/b5-3+. The number of rotatable bonds is 2. The number of aliphatic hydroxyl groups excluding tert-OH is 1. The Morgan fingerprint density at radius 2 is 2.45 bits per heavy atom. The third kappa shape index (κ3) is 2.51. The topological polar surface area (TPSA) is 24.1 Å². The highest BCUT2D eigenvalue weighted by molar-refractivity contribution is 5.46. The van der Waals surface area contributed by atoms with Crippen molar-refractivity contribution in [1.29, 1.82) is 0 Å². The quantitative estimate of drug-likeness (QED) is 0.610. The van der Waals surface area contributed by atoms with Crippen LogP contribution in [-0.4, -0.2) is 11.7 Å². The summed E-state index contributed by atoms with van der Waals surface area (Å²) in [6.45, 7) is 0.0958. The van der Waals surface area contributed by atoms with Gasteiger partial charge < -0.3 is 5.11 Å². The molecule has 1 aromatic rings. The fourth-order valence-corrected chi connectivity index (χ4v) is 0.898. The second-order valence-electron chi connectivity index (χ2n) is 2.39. The summed E-state index contributed by atoms with van der Waals surface area (Å²) in [6.07, 6.45) is 7.57. The van der Waals surface area contributed by atoms with Crippen molar-refractivity contribution in [3.05, 3.63) is 36.2 Å². The molecule has 1 heterocycles. The number of hydrogen-bond acceptors (Lipinski definition) is 1. The van der Waals surface area contributed by atoms with E-state index in [1.54, 1.807) is 6.08 Å². The maximum atomic E-state index is 8.50. The molecule has 0 radical (unpaired) electrons. The Labute approximate surface area is 66.4 Å². The number of nitrogens with zero attached hydrogens (tertiary/aromatic N) is 1. The minimum absolute atomic E-state index is 0.0958. The molecule has 0 saturated carbocycles. The van der Waals surface area contributed by atoms with Crippen LogP contribution in [-0.2, 0) is 7.05 Å². The summed E-state index contributed by atoms with van der Waals surface area (Å²) in [5.41, 5.74) is 1.10. The third-order valence-electron chi connectivity index (χ3n) is 1.38. The molecule has 1 aromatic heterocycles. The molecule has 0 atom stereocenters. The summed E-state index contributed by atoms with van der Waals surface area (Å²) in [5, 5.41) is 8.50. The van der Waals surface area contributed by atoms with E-state index >= 15 is 0 Å². The average Bonchev–Trinajstić information content (AvgIpc) is 2.01. The molecule has 2 heteroatoms. The van der Waals surface area contributed by atoms with Crippen molar-refractivity contribution in [1.82, 2.24) is 0 Å². The van der Waals surface area contributed by atoms with Crippen molar-refractivity contribution in [3.63, 3.8) is 0 Å². The maximum absolute atomic E-state index is 8.50. The number of pyridine rings is 1. The molecule has 0 amide bonds. The van der Waals surface area contributed by atoms with Gasteiger partial charge in [0.15, 0.2) is 12.4 Å². The first-order chi connectivity index (χ1) is 5.33. The lowest BCUT2D eigenvalue weighted by Crippen LogP contribution is -2.26. The molecule has 0 spiro atoms. The van der Waals surface area contributed by atoms with Gasteiger partial charge in [0.05, 0.1) is 6.61 Å². The number of aryl methyl sites for hydroxylation is 1.